The molecule has 0 aliphatic heterocycles. The molecule has 98 valence electrons. The van der Waals surface area contributed by atoms with Gasteiger partial charge >= 0.3 is 0 Å². The zero-order valence-corrected chi connectivity index (χ0v) is 11.4. The summed E-state index contributed by atoms with van der Waals surface area (Å²) < 4.78 is 13.7. The van der Waals surface area contributed by atoms with Crippen molar-refractivity contribution in [2.75, 3.05) is 5.32 Å². The van der Waals surface area contributed by atoms with E-state index in [1.807, 2.05) is 25.1 Å². The molecule has 0 bridgehead atoms. The number of halogens is 1. The molecule has 2 aromatic rings. The lowest BCUT2D eigenvalue weighted by molar-refractivity contribution is 0.626. The van der Waals surface area contributed by atoms with E-state index in [1.165, 1.54) is 11.6 Å². The molecule has 19 heavy (non-hydrogen) atoms. The highest BCUT2D eigenvalue weighted by Gasteiger charge is 2.10. The normalized spacial score (nSPS) is 10.2. The van der Waals surface area contributed by atoms with Gasteiger partial charge in [-0.05, 0) is 24.6 Å². The first-order valence-corrected chi connectivity index (χ1v) is 6.36. The van der Waals surface area contributed by atoms with Crippen LogP contribution in [0.2, 0.25) is 0 Å². The minimum absolute atomic E-state index is 0.0600. The van der Waals surface area contributed by atoms with E-state index in [1.54, 1.807) is 12.1 Å². The number of anilines is 1. The lowest BCUT2D eigenvalue weighted by Gasteiger charge is -2.12. The average molecular weight is 274 g/mol. The Hall–Kier alpha value is -1.94. The van der Waals surface area contributed by atoms with Gasteiger partial charge in [0.25, 0.3) is 0 Å². The van der Waals surface area contributed by atoms with Crippen LogP contribution in [0.1, 0.15) is 16.7 Å². The van der Waals surface area contributed by atoms with E-state index < -0.39 is 5.82 Å². The first kappa shape index (κ1) is 13.5. The van der Waals surface area contributed by atoms with Crippen molar-refractivity contribution in [2.24, 2.45) is 5.73 Å². The zero-order valence-electron chi connectivity index (χ0n) is 10.6. The van der Waals surface area contributed by atoms with Gasteiger partial charge in [0.2, 0.25) is 0 Å². The van der Waals surface area contributed by atoms with Gasteiger partial charge in [0.15, 0.2) is 0 Å². The number of rotatable bonds is 4. The Bertz CT molecular complexity index is 611. The van der Waals surface area contributed by atoms with Crippen molar-refractivity contribution < 1.29 is 4.39 Å². The minimum Gasteiger partial charge on any atom is -0.389 e. The molecule has 0 saturated heterocycles. The first-order chi connectivity index (χ1) is 9.08. The summed E-state index contributed by atoms with van der Waals surface area (Å²) in [6, 6.07) is 12.9. The quantitative estimate of drug-likeness (QED) is 0.839. The molecule has 0 unspecified atom stereocenters. The summed E-state index contributed by atoms with van der Waals surface area (Å²) >= 11 is 4.89. The van der Waals surface area contributed by atoms with Crippen LogP contribution >= 0.6 is 12.2 Å². The predicted molar refractivity (Wildman–Crippen MR) is 80.8 cm³/mol. The largest absolute Gasteiger partial charge is 0.389 e. The van der Waals surface area contributed by atoms with Crippen molar-refractivity contribution in [3.05, 3.63) is 65.0 Å². The molecular weight excluding hydrogens is 259 g/mol. The number of hydrogen-bond donors (Lipinski definition) is 2. The van der Waals surface area contributed by atoms with Crippen LogP contribution in [-0.2, 0) is 6.54 Å². The van der Waals surface area contributed by atoms with Gasteiger partial charge in [0, 0.05) is 12.2 Å². The fourth-order valence-corrected chi connectivity index (χ4v) is 2.15. The number of benzene rings is 2. The molecule has 2 nitrogen and oxygen atoms in total. The second-order valence-corrected chi connectivity index (χ2v) is 4.81. The van der Waals surface area contributed by atoms with Gasteiger partial charge in [-0.1, -0.05) is 48.1 Å². The van der Waals surface area contributed by atoms with Crippen molar-refractivity contribution in [3.63, 3.8) is 0 Å². The summed E-state index contributed by atoms with van der Waals surface area (Å²) in [6.45, 7) is 2.63. The molecule has 0 spiro atoms. The Morgan fingerprint density at radius 1 is 1.26 bits per heavy atom. The molecule has 0 saturated carbocycles. The third-order valence-electron chi connectivity index (χ3n) is 2.83. The van der Waals surface area contributed by atoms with Gasteiger partial charge in [0.05, 0.1) is 5.56 Å². The number of aryl methyl sites for hydroxylation is 1. The molecule has 0 heterocycles. The molecule has 0 radical (unpaired) electrons. The molecule has 0 amide bonds. The van der Waals surface area contributed by atoms with Crippen LogP contribution in [0.15, 0.2) is 42.5 Å². The summed E-state index contributed by atoms with van der Waals surface area (Å²) in [5, 5.41) is 3.17. The van der Waals surface area contributed by atoms with Crippen molar-refractivity contribution in [1.82, 2.24) is 0 Å². The molecule has 0 aliphatic rings. The number of nitrogens with one attached hydrogen (secondary N) is 1. The third kappa shape index (κ3) is 3.29. The molecule has 0 aliphatic carbocycles. The van der Waals surface area contributed by atoms with Crippen molar-refractivity contribution >= 4 is 22.9 Å². The summed E-state index contributed by atoms with van der Waals surface area (Å²) in [5.41, 5.74) is 8.76. The van der Waals surface area contributed by atoms with Crippen LogP contribution in [0, 0.1) is 12.7 Å². The van der Waals surface area contributed by atoms with Crippen LogP contribution in [0.25, 0.3) is 0 Å². The number of thiocarbonyl (C=S) groups is 1. The van der Waals surface area contributed by atoms with Gasteiger partial charge in [-0.2, -0.15) is 0 Å². The van der Waals surface area contributed by atoms with Gasteiger partial charge in [-0.25, -0.2) is 4.39 Å². The Labute approximate surface area is 117 Å². The lowest BCUT2D eigenvalue weighted by atomic mass is 10.1. The Morgan fingerprint density at radius 2 is 2.00 bits per heavy atom. The highest BCUT2D eigenvalue weighted by atomic mass is 32.1. The van der Waals surface area contributed by atoms with Crippen LogP contribution in [-0.4, -0.2) is 4.99 Å². The topological polar surface area (TPSA) is 38.0 Å². The Balaban J connectivity index is 2.20. The monoisotopic (exact) mass is 274 g/mol. The van der Waals surface area contributed by atoms with Gasteiger partial charge in [0.1, 0.15) is 10.8 Å². The van der Waals surface area contributed by atoms with Crippen molar-refractivity contribution in [1.29, 1.82) is 0 Å². The summed E-state index contributed by atoms with van der Waals surface area (Å²) in [4.78, 5) is 0.0600. The lowest BCUT2D eigenvalue weighted by Crippen LogP contribution is -2.15. The van der Waals surface area contributed by atoms with Crippen LogP contribution < -0.4 is 11.1 Å². The van der Waals surface area contributed by atoms with Crippen molar-refractivity contribution in [2.45, 2.75) is 13.5 Å². The maximum Gasteiger partial charge on any atom is 0.135 e. The summed E-state index contributed by atoms with van der Waals surface area (Å²) in [7, 11) is 0. The summed E-state index contributed by atoms with van der Waals surface area (Å²) in [5.74, 6) is -0.401. The van der Waals surface area contributed by atoms with Crippen LogP contribution in [0.5, 0.6) is 0 Å². The number of nitrogens with two attached hydrogens (primary N) is 1. The standard InChI is InChI=1S/C15H15FN2S/c1-10-4-2-5-11(8-10)9-18-13-7-3-6-12(16)14(13)15(17)19/h2-8,18H,9H2,1H3,(H2,17,19). The summed E-state index contributed by atoms with van der Waals surface area (Å²) in [6.07, 6.45) is 0. The van der Waals surface area contributed by atoms with E-state index in [0.717, 1.165) is 5.56 Å². The average Bonchev–Trinajstić information content (AvgIpc) is 2.36. The molecule has 0 fully saturated rings. The smallest absolute Gasteiger partial charge is 0.135 e. The molecule has 2 aromatic carbocycles. The molecule has 0 atom stereocenters. The molecular formula is C15H15FN2S. The molecule has 2 rings (SSSR count). The van der Waals surface area contributed by atoms with Crippen molar-refractivity contribution in [3.8, 4) is 0 Å². The van der Waals surface area contributed by atoms with E-state index >= 15 is 0 Å². The van der Waals surface area contributed by atoms with Crippen LogP contribution in [0.3, 0.4) is 0 Å². The van der Waals surface area contributed by atoms with Crippen LogP contribution in [0.4, 0.5) is 10.1 Å². The van der Waals surface area contributed by atoms with Gasteiger partial charge in [-0.15, -0.1) is 0 Å². The second-order valence-electron chi connectivity index (χ2n) is 4.37. The van der Waals surface area contributed by atoms with E-state index in [4.69, 9.17) is 18.0 Å². The highest BCUT2D eigenvalue weighted by Crippen LogP contribution is 2.19. The SMILES string of the molecule is Cc1cccc(CNc2cccc(F)c2C(N)=S)c1. The van der Waals surface area contributed by atoms with Gasteiger partial charge < -0.3 is 11.1 Å². The Morgan fingerprint density at radius 3 is 2.68 bits per heavy atom. The predicted octanol–water partition coefficient (Wildman–Crippen LogP) is 3.38. The fourth-order valence-electron chi connectivity index (χ4n) is 1.94. The zero-order chi connectivity index (χ0) is 13.8. The van der Waals surface area contributed by atoms with E-state index in [9.17, 15) is 4.39 Å². The Kier molecular flexibility index (Phi) is 4.12. The van der Waals surface area contributed by atoms with Gasteiger partial charge in [-0.3, -0.25) is 0 Å². The molecule has 0 aromatic heterocycles. The molecule has 4 heteroatoms. The second kappa shape index (κ2) is 5.80. The minimum atomic E-state index is -0.401. The highest BCUT2D eigenvalue weighted by molar-refractivity contribution is 7.80. The maximum atomic E-state index is 13.7. The fraction of sp³-hybridized carbons (Fsp3) is 0.133. The third-order valence-corrected chi connectivity index (χ3v) is 3.03. The van der Waals surface area contributed by atoms with E-state index in [2.05, 4.69) is 11.4 Å². The number of hydrogen-bond acceptors (Lipinski definition) is 2. The van der Waals surface area contributed by atoms with E-state index in [0.29, 0.717) is 12.2 Å². The van der Waals surface area contributed by atoms with E-state index in [-0.39, 0.29) is 10.6 Å². The molecule has 3 N–H and O–H groups in total. The maximum absolute atomic E-state index is 13.7. The first-order valence-electron chi connectivity index (χ1n) is 5.95.